The molecule has 2 aliphatic rings. The van der Waals surface area contributed by atoms with E-state index in [-0.39, 0.29) is 0 Å². The Bertz CT molecular complexity index is 293. The highest BCUT2D eigenvalue weighted by Gasteiger charge is 2.45. The highest BCUT2D eigenvalue weighted by Crippen LogP contribution is 2.35. The first kappa shape index (κ1) is 13.8. The summed E-state index contributed by atoms with van der Waals surface area (Å²) in [4.78, 5) is 13.9. The number of aliphatic carboxylic acids is 1. The van der Waals surface area contributed by atoms with Gasteiger partial charge < -0.3 is 9.84 Å². The molecule has 4 nitrogen and oxygen atoms in total. The highest BCUT2D eigenvalue weighted by atomic mass is 16.5. The van der Waals surface area contributed by atoms with Crippen molar-refractivity contribution in [2.24, 2.45) is 11.3 Å². The normalized spacial score (nSPS) is 28.2. The highest BCUT2D eigenvalue weighted by molar-refractivity contribution is 5.75. The van der Waals surface area contributed by atoms with Crippen molar-refractivity contribution in [3.63, 3.8) is 0 Å². The summed E-state index contributed by atoms with van der Waals surface area (Å²) in [5, 5.41) is 9.49. The Kier molecular flexibility index (Phi) is 4.28. The van der Waals surface area contributed by atoms with Gasteiger partial charge in [0.1, 0.15) is 5.41 Å². The Balaban J connectivity index is 1.96. The van der Waals surface area contributed by atoms with Crippen LogP contribution in [-0.4, -0.2) is 48.3 Å². The van der Waals surface area contributed by atoms with Crippen LogP contribution in [0.25, 0.3) is 0 Å². The second-order valence-electron chi connectivity index (χ2n) is 6.27. The molecule has 2 rings (SSSR count). The second-order valence-corrected chi connectivity index (χ2v) is 6.27. The van der Waals surface area contributed by atoms with Crippen LogP contribution in [0.15, 0.2) is 0 Å². The molecular formula is C14H25NO3. The lowest BCUT2D eigenvalue weighted by molar-refractivity contribution is -0.150. The fourth-order valence-electron chi connectivity index (χ4n) is 2.61. The molecule has 0 amide bonds. The smallest absolute Gasteiger partial charge is 0.313 e. The summed E-state index contributed by atoms with van der Waals surface area (Å²) >= 11 is 0. The molecule has 1 saturated carbocycles. The summed E-state index contributed by atoms with van der Waals surface area (Å²) < 4.78 is 5.34. The monoisotopic (exact) mass is 255 g/mol. The minimum absolute atomic E-state index is 0.382. The van der Waals surface area contributed by atoms with Crippen molar-refractivity contribution in [2.45, 2.75) is 45.6 Å². The van der Waals surface area contributed by atoms with Crippen molar-refractivity contribution < 1.29 is 14.6 Å². The van der Waals surface area contributed by atoms with Gasteiger partial charge in [0.05, 0.1) is 6.61 Å². The minimum Gasteiger partial charge on any atom is -0.481 e. The van der Waals surface area contributed by atoms with Crippen LogP contribution in [0.4, 0.5) is 0 Å². The van der Waals surface area contributed by atoms with E-state index < -0.39 is 11.4 Å². The summed E-state index contributed by atoms with van der Waals surface area (Å²) in [7, 11) is 0. The van der Waals surface area contributed by atoms with Crippen LogP contribution in [0, 0.1) is 11.3 Å². The average Bonchev–Trinajstić information content (AvgIpc) is 3.04. The molecule has 4 heteroatoms. The number of hydrogen-bond donors (Lipinski definition) is 1. The van der Waals surface area contributed by atoms with Crippen LogP contribution in [0.3, 0.4) is 0 Å². The Morgan fingerprint density at radius 2 is 2.22 bits per heavy atom. The summed E-state index contributed by atoms with van der Waals surface area (Å²) in [6.07, 6.45) is 4.27. The van der Waals surface area contributed by atoms with Crippen LogP contribution in [-0.2, 0) is 9.53 Å². The third-order valence-corrected chi connectivity index (χ3v) is 4.12. The van der Waals surface area contributed by atoms with E-state index in [0.29, 0.717) is 38.1 Å². The number of carboxylic acid groups (broad SMARTS) is 1. The van der Waals surface area contributed by atoms with Crippen molar-refractivity contribution in [2.75, 3.05) is 26.3 Å². The molecule has 1 N–H and O–H groups in total. The van der Waals surface area contributed by atoms with Crippen LogP contribution in [0.5, 0.6) is 0 Å². The van der Waals surface area contributed by atoms with Crippen molar-refractivity contribution in [3.8, 4) is 0 Å². The lowest BCUT2D eigenvalue weighted by Crippen LogP contribution is -2.45. The van der Waals surface area contributed by atoms with E-state index in [2.05, 4.69) is 18.7 Å². The maximum absolute atomic E-state index is 11.5. The zero-order valence-electron chi connectivity index (χ0n) is 11.5. The van der Waals surface area contributed by atoms with Gasteiger partial charge in [-0.05, 0) is 38.1 Å². The number of carbonyl (C=O) groups is 1. The molecule has 1 aliphatic heterocycles. The summed E-state index contributed by atoms with van der Waals surface area (Å²) in [6.45, 7) is 7.10. The Labute approximate surface area is 109 Å². The molecule has 0 bridgehead atoms. The standard InChI is InChI=1S/C14H25NO3/c1-11(2)5-7-15(12-3-4-12)9-14(13(16)17)6-8-18-10-14/h11-12H,3-10H2,1-2H3,(H,16,17). The molecule has 0 radical (unpaired) electrons. The van der Waals surface area contributed by atoms with Gasteiger partial charge in [0.15, 0.2) is 0 Å². The largest absolute Gasteiger partial charge is 0.481 e. The Hall–Kier alpha value is -0.610. The average molecular weight is 255 g/mol. The van der Waals surface area contributed by atoms with E-state index in [9.17, 15) is 9.90 Å². The van der Waals surface area contributed by atoms with E-state index >= 15 is 0 Å². The molecular weight excluding hydrogens is 230 g/mol. The van der Waals surface area contributed by atoms with Crippen molar-refractivity contribution >= 4 is 5.97 Å². The van der Waals surface area contributed by atoms with Gasteiger partial charge in [-0.3, -0.25) is 9.69 Å². The van der Waals surface area contributed by atoms with E-state index in [1.54, 1.807) is 0 Å². The molecule has 2 fully saturated rings. The first-order chi connectivity index (χ1) is 8.53. The van der Waals surface area contributed by atoms with Crippen molar-refractivity contribution in [1.29, 1.82) is 0 Å². The molecule has 1 unspecified atom stereocenters. The molecule has 104 valence electrons. The third-order valence-electron chi connectivity index (χ3n) is 4.12. The second kappa shape index (κ2) is 5.57. The van der Waals surface area contributed by atoms with E-state index in [1.165, 1.54) is 12.8 Å². The molecule has 1 aliphatic carbocycles. The van der Waals surface area contributed by atoms with Gasteiger partial charge in [0, 0.05) is 19.2 Å². The Morgan fingerprint density at radius 1 is 1.50 bits per heavy atom. The zero-order valence-corrected chi connectivity index (χ0v) is 11.5. The fraction of sp³-hybridized carbons (Fsp3) is 0.929. The molecule has 0 aromatic carbocycles. The minimum atomic E-state index is -0.685. The predicted molar refractivity (Wildman–Crippen MR) is 69.6 cm³/mol. The first-order valence-corrected chi connectivity index (χ1v) is 7.09. The van der Waals surface area contributed by atoms with E-state index in [1.807, 2.05) is 0 Å². The number of carboxylic acids is 1. The van der Waals surface area contributed by atoms with Gasteiger partial charge in [0.2, 0.25) is 0 Å². The summed E-state index contributed by atoms with van der Waals surface area (Å²) in [6, 6.07) is 0.626. The summed E-state index contributed by atoms with van der Waals surface area (Å²) in [5.74, 6) is -0.0120. The van der Waals surface area contributed by atoms with Gasteiger partial charge in [-0.1, -0.05) is 13.8 Å². The van der Waals surface area contributed by atoms with Crippen LogP contribution in [0.1, 0.15) is 39.5 Å². The number of ether oxygens (including phenoxy) is 1. The van der Waals surface area contributed by atoms with E-state index in [4.69, 9.17) is 4.74 Å². The fourth-order valence-corrected chi connectivity index (χ4v) is 2.61. The topological polar surface area (TPSA) is 49.8 Å². The number of hydrogen-bond acceptors (Lipinski definition) is 3. The molecule has 0 spiro atoms. The van der Waals surface area contributed by atoms with E-state index in [0.717, 1.165) is 13.0 Å². The predicted octanol–water partition coefficient (Wildman–Crippen LogP) is 1.99. The van der Waals surface area contributed by atoms with Crippen molar-refractivity contribution in [3.05, 3.63) is 0 Å². The van der Waals surface area contributed by atoms with Gasteiger partial charge in [0.25, 0.3) is 0 Å². The molecule has 1 atom stereocenters. The SMILES string of the molecule is CC(C)CCN(CC1(C(=O)O)CCOC1)C1CC1. The molecule has 0 aromatic heterocycles. The number of rotatable bonds is 7. The van der Waals surface area contributed by atoms with Gasteiger partial charge in [-0.25, -0.2) is 0 Å². The van der Waals surface area contributed by atoms with Crippen LogP contribution >= 0.6 is 0 Å². The summed E-state index contributed by atoms with van der Waals surface area (Å²) in [5.41, 5.74) is -0.653. The van der Waals surface area contributed by atoms with Crippen LogP contribution < -0.4 is 0 Å². The van der Waals surface area contributed by atoms with Crippen LogP contribution in [0.2, 0.25) is 0 Å². The molecule has 0 aromatic rings. The molecule has 1 saturated heterocycles. The lowest BCUT2D eigenvalue weighted by atomic mass is 9.86. The maximum atomic E-state index is 11.5. The lowest BCUT2D eigenvalue weighted by Gasteiger charge is -2.31. The maximum Gasteiger partial charge on any atom is 0.313 e. The van der Waals surface area contributed by atoms with Gasteiger partial charge in [-0.15, -0.1) is 0 Å². The number of nitrogens with zero attached hydrogens (tertiary/aromatic N) is 1. The third kappa shape index (κ3) is 3.23. The quantitative estimate of drug-likeness (QED) is 0.756. The zero-order chi connectivity index (χ0) is 13.2. The van der Waals surface area contributed by atoms with Gasteiger partial charge >= 0.3 is 5.97 Å². The van der Waals surface area contributed by atoms with Crippen molar-refractivity contribution in [1.82, 2.24) is 4.90 Å². The Morgan fingerprint density at radius 3 is 2.67 bits per heavy atom. The van der Waals surface area contributed by atoms with Gasteiger partial charge in [-0.2, -0.15) is 0 Å². The molecule has 1 heterocycles. The molecule has 18 heavy (non-hydrogen) atoms. The first-order valence-electron chi connectivity index (χ1n) is 7.09.